The van der Waals surface area contributed by atoms with E-state index in [1.54, 1.807) is 6.07 Å². The zero-order valence-electron chi connectivity index (χ0n) is 11.8. The fourth-order valence-corrected chi connectivity index (χ4v) is 2.84. The van der Waals surface area contributed by atoms with Crippen LogP contribution in [0.5, 0.6) is 0 Å². The highest BCUT2D eigenvalue weighted by Crippen LogP contribution is 2.38. The minimum absolute atomic E-state index is 0.229. The van der Waals surface area contributed by atoms with E-state index >= 15 is 0 Å². The maximum Gasteiger partial charge on any atom is 0.394 e. The van der Waals surface area contributed by atoms with Crippen molar-refractivity contribution in [1.82, 2.24) is 14.9 Å². The van der Waals surface area contributed by atoms with E-state index in [9.17, 15) is 22.8 Å². The number of alkyl halides is 3. The van der Waals surface area contributed by atoms with E-state index in [0.29, 0.717) is 11.0 Å². The van der Waals surface area contributed by atoms with Gasteiger partial charge in [-0.3, -0.25) is 9.59 Å². The summed E-state index contributed by atoms with van der Waals surface area (Å²) in [5, 5.41) is 0. The Morgan fingerprint density at radius 3 is 2.65 bits per heavy atom. The summed E-state index contributed by atoms with van der Waals surface area (Å²) in [5.41, 5.74) is 6.54. The van der Waals surface area contributed by atoms with Crippen molar-refractivity contribution >= 4 is 22.8 Å². The summed E-state index contributed by atoms with van der Waals surface area (Å²) >= 11 is 0. The topological polar surface area (TPSA) is 92.1 Å². The van der Waals surface area contributed by atoms with E-state index in [2.05, 4.69) is 9.97 Å². The van der Waals surface area contributed by atoms with E-state index < -0.39 is 36.4 Å². The van der Waals surface area contributed by atoms with E-state index in [1.165, 1.54) is 18.5 Å². The lowest BCUT2D eigenvalue weighted by Crippen LogP contribution is -2.37. The van der Waals surface area contributed by atoms with Crippen LogP contribution in [0.25, 0.3) is 11.0 Å². The van der Waals surface area contributed by atoms with Crippen LogP contribution < -0.4 is 5.73 Å². The molecule has 23 heavy (non-hydrogen) atoms. The minimum atomic E-state index is -4.58. The molecule has 0 bridgehead atoms. The predicted octanol–water partition coefficient (Wildman–Crippen LogP) is 1.30. The number of aromatic amines is 1. The number of H-pyrrole nitrogens is 1. The Morgan fingerprint density at radius 1 is 1.30 bits per heavy atom. The van der Waals surface area contributed by atoms with Gasteiger partial charge >= 0.3 is 6.18 Å². The molecule has 122 valence electrons. The highest BCUT2D eigenvalue weighted by atomic mass is 19.4. The molecule has 2 atom stereocenters. The molecular weight excluding hydrogens is 313 g/mol. The van der Waals surface area contributed by atoms with Crippen molar-refractivity contribution in [3.63, 3.8) is 0 Å². The van der Waals surface area contributed by atoms with Gasteiger partial charge in [0.2, 0.25) is 5.91 Å². The molecule has 1 aliphatic rings. The van der Waals surface area contributed by atoms with Crippen molar-refractivity contribution in [3.8, 4) is 0 Å². The quantitative estimate of drug-likeness (QED) is 0.871. The minimum Gasteiger partial charge on any atom is -0.369 e. The highest BCUT2D eigenvalue weighted by Gasteiger charge is 2.52. The maximum atomic E-state index is 13.0. The van der Waals surface area contributed by atoms with Gasteiger partial charge in [0.25, 0.3) is 5.91 Å². The van der Waals surface area contributed by atoms with Crippen LogP contribution in [0.3, 0.4) is 0 Å². The number of fused-ring (bicyclic) bond motifs is 1. The molecule has 3 N–H and O–H groups in total. The lowest BCUT2D eigenvalue weighted by atomic mass is 9.95. The van der Waals surface area contributed by atoms with Gasteiger partial charge in [0.1, 0.15) is 0 Å². The smallest absolute Gasteiger partial charge is 0.369 e. The third kappa shape index (κ3) is 2.73. The third-order valence-corrected chi connectivity index (χ3v) is 4.06. The van der Waals surface area contributed by atoms with Crippen LogP contribution in [0.4, 0.5) is 13.2 Å². The molecule has 1 aromatic carbocycles. The van der Waals surface area contributed by atoms with Crippen LogP contribution in [-0.2, 0) is 4.79 Å². The molecule has 0 radical (unpaired) electrons. The number of imidazole rings is 1. The van der Waals surface area contributed by atoms with Gasteiger partial charge in [0, 0.05) is 18.7 Å². The first-order chi connectivity index (χ1) is 10.8. The molecule has 6 nitrogen and oxygen atoms in total. The third-order valence-electron chi connectivity index (χ3n) is 4.06. The lowest BCUT2D eigenvalue weighted by Gasteiger charge is -2.18. The van der Waals surface area contributed by atoms with Gasteiger partial charge in [-0.15, -0.1) is 0 Å². The number of amides is 2. The van der Waals surface area contributed by atoms with Gasteiger partial charge in [-0.05, 0) is 18.2 Å². The Hall–Kier alpha value is -2.58. The lowest BCUT2D eigenvalue weighted by molar-refractivity contribution is -0.182. The average Bonchev–Trinajstić information content (AvgIpc) is 3.11. The molecule has 0 aliphatic carbocycles. The second-order valence-electron chi connectivity index (χ2n) is 5.50. The van der Waals surface area contributed by atoms with Gasteiger partial charge in [-0.2, -0.15) is 13.2 Å². The average molecular weight is 326 g/mol. The van der Waals surface area contributed by atoms with E-state index in [4.69, 9.17) is 5.73 Å². The van der Waals surface area contributed by atoms with Crippen molar-refractivity contribution < 1.29 is 22.8 Å². The Morgan fingerprint density at radius 2 is 2.04 bits per heavy atom. The number of nitrogens with zero attached hydrogens (tertiary/aromatic N) is 2. The molecule has 0 spiro atoms. The molecule has 2 heterocycles. The molecule has 1 aliphatic heterocycles. The number of rotatable bonds is 2. The molecule has 2 aromatic rings. The van der Waals surface area contributed by atoms with E-state index in [1.807, 2.05) is 0 Å². The number of hydrogen-bond acceptors (Lipinski definition) is 3. The number of nitrogens with two attached hydrogens (primary N) is 1. The SMILES string of the molecule is NC(=O)[C@@H]1CN(C(=O)c2ccc3nc[nH]c3c2)C[C@H]1C(F)(F)F. The van der Waals surface area contributed by atoms with Crippen molar-refractivity contribution in [2.45, 2.75) is 6.18 Å². The number of primary amides is 1. The number of carbonyl (C=O) groups is 2. The van der Waals surface area contributed by atoms with Gasteiger partial charge in [0.05, 0.1) is 29.2 Å². The monoisotopic (exact) mass is 326 g/mol. The first-order valence-electron chi connectivity index (χ1n) is 6.86. The van der Waals surface area contributed by atoms with Crippen molar-refractivity contribution in [1.29, 1.82) is 0 Å². The maximum absolute atomic E-state index is 13.0. The Balaban J connectivity index is 1.86. The predicted molar refractivity (Wildman–Crippen MR) is 74.2 cm³/mol. The van der Waals surface area contributed by atoms with Crippen LogP contribution in [0, 0.1) is 11.8 Å². The summed E-state index contributed by atoms with van der Waals surface area (Å²) in [6, 6.07) is 4.61. The molecule has 3 rings (SSSR count). The molecular formula is C14H13F3N4O2. The van der Waals surface area contributed by atoms with Gasteiger partial charge < -0.3 is 15.6 Å². The summed E-state index contributed by atoms with van der Waals surface area (Å²) < 4.78 is 39.1. The standard InChI is InChI=1S/C14H13F3N4O2/c15-14(16,17)9-5-21(4-8(9)12(18)22)13(23)7-1-2-10-11(3-7)20-6-19-10/h1-3,6,8-9H,4-5H2,(H2,18,22)(H,19,20)/t8-,9-/m1/s1. The molecule has 2 amide bonds. The molecule has 0 unspecified atom stereocenters. The van der Waals surface area contributed by atoms with Crippen LogP contribution in [0.1, 0.15) is 10.4 Å². The fourth-order valence-electron chi connectivity index (χ4n) is 2.84. The van der Waals surface area contributed by atoms with Crippen LogP contribution >= 0.6 is 0 Å². The van der Waals surface area contributed by atoms with Crippen molar-refractivity contribution in [2.75, 3.05) is 13.1 Å². The van der Waals surface area contributed by atoms with E-state index in [0.717, 1.165) is 4.90 Å². The van der Waals surface area contributed by atoms with Crippen LogP contribution in [-0.4, -0.2) is 45.9 Å². The Labute approximate surface area is 128 Å². The zero-order valence-corrected chi connectivity index (χ0v) is 11.8. The zero-order chi connectivity index (χ0) is 16.8. The number of nitrogens with one attached hydrogen (secondary N) is 1. The Bertz CT molecular complexity index is 771. The van der Waals surface area contributed by atoms with Crippen molar-refractivity contribution in [3.05, 3.63) is 30.1 Å². The number of likely N-dealkylation sites (tertiary alicyclic amines) is 1. The fraction of sp³-hybridized carbons (Fsp3) is 0.357. The molecule has 1 fully saturated rings. The normalized spacial score (nSPS) is 21.8. The van der Waals surface area contributed by atoms with Gasteiger partial charge in [-0.25, -0.2) is 4.98 Å². The number of hydrogen-bond donors (Lipinski definition) is 2. The molecule has 0 saturated carbocycles. The van der Waals surface area contributed by atoms with Crippen molar-refractivity contribution in [2.24, 2.45) is 17.6 Å². The molecule has 1 aromatic heterocycles. The van der Waals surface area contributed by atoms with Crippen LogP contribution in [0.2, 0.25) is 0 Å². The number of aromatic nitrogens is 2. The summed E-state index contributed by atoms with van der Waals surface area (Å²) in [6.07, 6.45) is -3.13. The number of carbonyl (C=O) groups excluding carboxylic acids is 2. The summed E-state index contributed by atoms with van der Waals surface area (Å²) in [4.78, 5) is 31.6. The second kappa shape index (κ2) is 5.25. The first kappa shape index (κ1) is 15.3. The van der Waals surface area contributed by atoms with Gasteiger partial charge in [-0.1, -0.05) is 0 Å². The largest absolute Gasteiger partial charge is 0.394 e. The second-order valence-corrected chi connectivity index (χ2v) is 5.50. The molecule has 9 heteroatoms. The highest BCUT2D eigenvalue weighted by molar-refractivity contribution is 5.98. The number of benzene rings is 1. The van der Waals surface area contributed by atoms with Crippen LogP contribution in [0.15, 0.2) is 24.5 Å². The number of halogens is 3. The summed E-state index contributed by atoms with van der Waals surface area (Å²) in [5.74, 6) is -4.97. The summed E-state index contributed by atoms with van der Waals surface area (Å²) in [6.45, 7) is -0.906. The van der Waals surface area contributed by atoms with E-state index in [-0.39, 0.29) is 12.1 Å². The first-order valence-corrected chi connectivity index (χ1v) is 6.86. The summed E-state index contributed by atoms with van der Waals surface area (Å²) in [7, 11) is 0. The Kier molecular flexibility index (Phi) is 3.50. The van der Waals surface area contributed by atoms with Gasteiger partial charge in [0.15, 0.2) is 0 Å². The molecule has 1 saturated heterocycles.